The van der Waals surface area contributed by atoms with Gasteiger partial charge in [-0.2, -0.15) is 0 Å². The van der Waals surface area contributed by atoms with E-state index < -0.39 is 0 Å². The highest BCUT2D eigenvalue weighted by atomic mass is 16.6. The van der Waals surface area contributed by atoms with E-state index >= 15 is 0 Å². The highest BCUT2D eigenvalue weighted by molar-refractivity contribution is 5.91. The maximum atomic E-state index is 12.3. The molecule has 1 aliphatic carbocycles. The van der Waals surface area contributed by atoms with Gasteiger partial charge < -0.3 is 14.4 Å². The summed E-state index contributed by atoms with van der Waals surface area (Å²) >= 11 is 0. The third-order valence-corrected chi connectivity index (χ3v) is 4.40. The van der Waals surface area contributed by atoms with Crippen LogP contribution in [-0.2, 0) is 15.9 Å². The molecule has 2 atom stereocenters. The summed E-state index contributed by atoms with van der Waals surface area (Å²) in [7, 11) is 3.74. The first-order valence-electron chi connectivity index (χ1n) is 7.27. The Hall–Kier alpha value is -1.55. The van der Waals surface area contributed by atoms with Gasteiger partial charge in [0.05, 0.1) is 11.7 Å². The molecule has 2 aliphatic rings. The standard InChI is InChI=1S/C16H21NO3/c1-17-9-8-11-6-7-12(10-13(11)17)16(18)20-15-5-3-4-14(15)19-2/h6-7,10,14-15H,3-5,8-9H2,1-2H3. The topological polar surface area (TPSA) is 38.8 Å². The Morgan fingerprint density at radius 2 is 2.10 bits per heavy atom. The number of hydrogen-bond donors (Lipinski definition) is 0. The van der Waals surface area contributed by atoms with Crippen LogP contribution in [0.25, 0.3) is 0 Å². The molecule has 20 heavy (non-hydrogen) atoms. The summed E-state index contributed by atoms with van der Waals surface area (Å²) in [5, 5.41) is 0. The van der Waals surface area contributed by atoms with E-state index in [4.69, 9.17) is 9.47 Å². The summed E-state index contributed by atoms with van der Waals surface area (Å²) in [5.74, 6) is -0.234. The molecule has 1 aliphatic heterocycles. The van der Waals surface area contributed by atoms with Crippen molar-refractivity contribution in [3.8, 4) is 0 Å². The second-order valence-electron chi connectivity index (χ2n) is 5.66. The minimum atomic E-state index is -0.234. The molecule has 1 heterocycles. The molecule has 1 saturated carbocycles. The molecule has 108 valence electrons. The van der Waals surface area contributed by atoms with Gasteiger partial charge >= 0.3 is 5.97 Å². The third-order valence-electron chi connectivity index (χ3n) is 4.40. The van der Waals surface area contributed by atoms with Gasteiger partial charge in [-0.1, -0.05) is 6.07 Å². The van der Waals surface area contributed by atoms with Crippen molar-refractivity contribution in [3.05, 3.63) is 29.3 Å². The van der Waals surface area contributed by atoms with Crippen LogP contribution in [-0.4, -0.2) is 38.9 Å². The second kappa shape index (κ2) is 5.44. The lowest BCUT2D eigenvalue weighted by atomic mass is 10.1. The van der Waals surface area contributed by atoms with Gasteiger partial charge in [0.2, 0.25) is 0 Å². The van der Waals surface area contributed by atoms with Gasteiger partial charge in [-0.3, -0.25) is 0 Å². The Morgan fingerprint density at radius 3 is 2.90 bits per heavy atom. The molecule has 2 unspecified atom stereocenters. The summed E-state index contributed by atoms with van der Waals surface area (Å²) in [6.45, 7) is 1.02. The predicted molar refractivity (Wildman–Crippen MR) is 77.3 cm³/mol. The molecule has 0 bridgehead atoms. The lowest BCUT2D eigenvalue weighted by molar-refractivity contribution is -0.0206. The van der Waals surface area contributed by atoms with Crippen molar-refractivity contribution in [1.82, 2.24) is 0 Å². The monoisotopic (exact) mass is 275 g/mol. The van der Waals surface area contributed by atoms with Crippen molar-refractivity contribution >= 4 is 11.7 Å². The highest BCUT2D eigenvalue weighted by Crippen LogP contribution is 2.29. The molecule has 0 amide bonds. The largest absolute Gasteiger partial charge is 0.456 e. The van der Waals surface area contributed by atoms with Gasteiger partial charge in [0, 0.05) is 26.4 Å². The molecule has 1 aromatic rings. The Labute approximate surface area is 119 Å². The van der Waals surface area contributed by atoms with Crippen LogP contribution in [0.1, 0.15) is 35.2 Å². The fourth-order valence-electron chi connectivity index (χ4n) is 3.17. The number of fused-ring (bicyclic) bond motifs is 1. The first kappa shape index (κ1) is 13.4. The van der Waals surface area contributed by atoms with E-state index in [1.165, 1.54) is 5.56 Å². The average Bonchev–Trinajstić information content (AvgIpc) is 3.05. The summed E-state index contributed by atoms with van der Waals surface area (Å²) in [6, 6.07) is 5.86. The average molecular weight is 275 g/mol. The summed E-state index contributed by atoms with van der Waals surface area (Å²) in [4.78, 5) is 14.5. The number of rotatable bonds is 3. The maximum Gasteiger partial charge on any atom is 0.338 e. The highest BCUT2D eigenvalue weighted by Gasteiger charge is 2.31. The molecule has 1 aromatic carbocycles. The fraction of sp³-hybridized carbons (Fsp3) is 0.562. The quantitative estimate of drug-likeness (QED) is 0.794. The van der Waals surface area contributed by atoms with Crippen LogP contribution in [0.5, 0.6) is 0 Å². The van der Waals surface area contributed by atoms with E-state index in [-0.39, 0.29) is 18.2 Å². The predicted octanol–water partition coefficient (Wildman–Crippen LogP) is 2.40. The van der Waals surface area contributed by atoms with Gasteiger partial charge in [-0.05, 0) is 43.4 Å². The van der Waals surface area contributed by atoms with Gasteiger partial charge in [0.1, 0.15) is 6.10 Å². The number of likely N-dealkylation sites (N-methyl/N-ethyl adjacent to an activating group) is 1. The Kier molecular flexibility index (Phi) is 3.66. The van der Waals surface area contributed by atoms with E-state index in [1.54, 1.807) is 7.11 Å². The zero-order valence-corrected chi connectivity index (χ0v) is 12.1. The molecule has 3 rings (SSSR count). The van der Waals surface area contributed by atoms with Crippen molar-refractivity contribution in [2.24, 2.45) is 0 Å². The summed E-state index contributed by atoms with van der Waals surface area (Å²) < 4.78 is 11.0. The molecule has 4 nitrogen and oxygen atoms in total. The third kappa shape index (κ3) is 2.40. The minimum absolute atomic E-state index is 0.0519. The van der Waals surface area contributed by atoms with Gasteiger partial charge in [0.15, 0.2) is 0 Å². The van der Waals surface area contributed by atoms with Crippen LogP contribution in [0, 0.1) is 0 Å². The van der Waals surface area contributed by atoms with Crippen molar-refractivity contribution in [1.29, 1.82) is 0 Å². The smallest absolute Gasteiger partial charge is 0.338 e. The van der Waals surface area contributed by atoms with E-state index in [1.807, 2.05) is 18.2 Å². The molecule has 0 saturated heterocycles. The normalized spacial score (nSPS) is 24.8. The molecule has 0 N–H and O–H groups in total. The molecule has 0 radical (unpaired) electrons. The van der Waals surface area contributed by atoms with Crippen molar-refractivity contribution < 1.29 is 14.3 Å². The zero-order chi connectivity index (χ0) is 14.1. The number of nitrogens with zero attached hydrogens (tertiary/aromatic N) is 1. The summed E-state index contributed by atoms with van der Waals surface area (Å²) in [5.41, 5.74) is 3.09. The molecular formula is C16H21NO3. The van der Waals surface area contributed by atoms with Crippen LogP contribution in [0.4, 0.5) is 5.69 Å². The second-order valence-corrected chi connectivity index (χ2v) is 5.66. The zero-order valence-electron chi connectivity index (χ0n) is 12.1. The number of benzene rings is 1. The molecule has 4 heteroatoms. The number of methoxy groups -OCH3 is 1. The van der Waals surface area contributed by atoms with Crippen molar-refractivity contribution in [3.63, 3.8) is 0 Å². The fourth-order valence-corrected chi connectivity index (χ4v) is 3.17. The first-order valence-corrected chi connectivity index (χ1v) is 7.27. The Bertz CT molecular complexity index is 514. The minimum Gasteiger partial charge on any atom is -0.456 e. The molecule has 1 fully saturated rings. The number of carbonyl (C=O) groups is 1. The molecular weight excluding hydrogens is 254 g/mol. The van der Waals surface area contributed by atoms with Gasteiger partial charge in [-0.15, -0.1) is 0 Å². The van der Waals surface area contributed by atoms with Gasteiger partial charge in [-0.25, -0.2) is 4.79 Å². The summed E-state index contributed by atoms with van der Waals surface area (Å²) in [6.07, 6.45) is 3.93. The van der Waals surface area contributed by atoms with E-state index in [9.17, 15) is 4.79 Å². The number of esters is 1. The molecule has 0 aromatic heterocycles. The van der Waals surface area contributed by atoms with Crippen LogP contribution < -0.4 is 4.90 Å². The Morgan fingerprint density at radius 1 is 1.30 bits per heavy atom. The van der Waals surface area contributed by atoms with E-state index in [0.29, 0.717) is 5.56 Å². The SMILES string of the molecule is COC1CCCC1OC(=O)c1ccc2c(c1)N(C)CC2. The maximum absolute atomic E-state index is 12.3. The lowest BCUT2D eigenvalue weighted by Gasteiger charge is -2.19. The van der Waals surface area contributed by atoms with Crippen molar-refractivity contribution in [2.75, 3.05) is 25.6 Å². The van der Waals surface area contributed by atoms with Crippen LogP contribution in [0.2, 0.25) is 0 Å². The van der Waals surface area contributed by atoms with E-state index in [0.717, 1.165) is 37.9 Å². The number of carbonyl (C=O) groups excluding carboxylic acids is 1. The van der Waals surface area contributed by atoms with E-state index in [2.05, 4.69) is 11.9 Å². The Balaban J connectivity index is 1.73. The van der Waals surface area contributed by atoms with Gasteiger partial charge in [0.25, 0.3) is 0 Å². The lowest BCUT2D eigenvalue weighted by Crippen LogP contribution is -2.27. The number of ether oxygens (including phenoxy) is 2. The van der Waals surface area contributed by atoms with Crippen LogP contribution in [0.3, 0.4) is 0 Å². The first-order chi connectivity index (χ1) is 9.69. The molecule has 0 spiro atoms. The number of anilines is 1. The van der Waals surface area contributed by atoms with Crippen molar-refractivity contribution in [2.45, 2.75) is 37.9 Å². The van der Waals surface area contributed by atoms with Crippen LogP contribution >= 0.6 is 0 Å². The van der Waals surface area contributed by atoms with Crippen LogP contribution in [0.15, 0.2) is 18.2 Å². The number of hydrogen-bond acceptors (Lipinski definition) is 4.